The number of nitrogens with zero attached hydrogens (tertiary/aromatic N) is 2. The van der Waals surface area contributed by atoms with E-state index in [0.717, 1.165) is 16.8 Å². The van der Waals surface area contributed by atoms with Crippen molar-refractivity contribution in [3.8, 4) is 0 Å². The van der Waals surface area contributed by atoms with Crippen molar-refractivity contribution in [2.45, 2.75) is 25.4 Å². The average Bonchev–Trinajstić information content (AvgIpc) is 3.26. The summed E-state index contributed by atoms with van der Waals surface area (Å²) in [6, 6.07) is 13.8. The van der Waals surface area contributed by atoms with Crippen LogP contribution < -0.4 is 15.1 Å². The summed E-state index contributed by atoms with van der Waals surface area (Å²) in [6.07, 6.45) is 0. The van der Waals surface area contributed by atoms with E-state index in [1.165, 1.54) is 4.90 Å². The van der Waals surface area contributed by atoms with Gasteiger partial charge < -0.3 is 4.90 Å². The van der Waals surface area contributed by atoms with E-state index in [2.05, 4.69) is 11.9 Å². The summed E-state index contributed by atoms with van der Waals surface area (Å²) in [4.78, 5) is 43.9. The molecule has 3 amide bonds. The van der Waals surface area contributed by atoms with Crippen LogP contribution in [0.4, 0.5) is 11.4 Å². The van der Waals surface area contributed by atoms with Crippen molar-refractivity contribution in [2.75, 3.05) is 16.3 Å². The van der Waals surface area contributed by atoms with E-state index in [-0.39, 0.29) is 23.8 Å². The standard InChI is InChI=1S/C24H22ClN3O3/c1-13(2)12-27-18-10-5-4-9-17(18)24(23(27)31)20-19(14(3)26-24)21(29)28(22(20)30)16-8-6-7-15(25)11-16/h4-11,14,19-20,26H,1,12H2,2-3H3/t14-,19+,20+,24+/m1/s1. The second kappa shape index (κ2) is 6.77. The summed E-state index contributed by atoms with van der Waals surface area (Å²) in [5.74, 6) is -2.39. The zero-order valence-corrected chi connectivity index (χ0v) is 18.0. The number of imide groups is 1. The van der Waals surface area contributed by atoms with Gasteiger partial charge in [-0.3, -0.25) is 19.7 Å². The van der Waals surface area contributed by atoms with Crippen LogP contribution >= 0.6 is 11.6 Å². The van der Waals surface area contributed by atoms with Crippen LogP contribution in [-0.4, -0.2) is 30.3 Å². The number of halogens is 1. The third kappa shape index (κ3) is 2.58. The van der Waals surface area contributed by atoms with Gasteiger partial charge in [0.15, 0.2) is 0 Å². The van der Waals surface area contributed by atoms with Crippen LogP contribution in [0.2, 0.25) is 5.02 Å². The maximum Gasteiger partial charge on any atom is 0.253 e. The predicted molar refractivity (Wildman–Crippen MR) is 119 cm³/mol. The van der Waals surface area contributed by atoms with E-state index in [0.29, 0.717) is 17.3 Å². The average molecular weight is 436 g/mol. The second-order valence-corrected chi connectivity index (χ2v) is 9.04. The van der Waals surface area contributed by atoms with Gasteiger partial charge in [-0.25, -0.2) is 4.90 Å². The SMILES string of the molecule is C=C(C)CN1C(=O)[C@]2(N[C@H](C)[C@@H]3C(=O)N(c4cccc(Cl)c4)C(=O)[C@H]32)c2ccccc21. The molecule has 3 aliphatic heterocycles. The molecule has 0 radical (unpaired) electrons. The normalized spacial score (nSPS) is 29.1. The Morgan fingerprint density at radius 3 is 2.58 bits per heavy atom. The minimum atomic E-state index is -1.28. The number of nitrogens with one attached hydrogen (secondary N) is 1. The number of amides is 3. The first-order valence-corrected chi connectivity index (χ1v) is 10.6. The molecule has 1 N–H and O–H groups in total. The van der Waals surface area contributed by atoms with E-state index < -0.39 is 17.4 Å². The number of hydrogen-bond acceptors (Lipinski definition) is 4. The Hall–Kier alpha value is -2.96. The molecule has 0 aromatic heterocycles. The molecule has 2 fully saturated rings. The Morgan fingerprint density at radius 2 is 1.87 bits per heavy atom. The number of anilines is 2. The van der Waals surface area contributed by atoms with Crippen molar-refractivity contribution in [3.63, 3.8) is 0 Å². The fourth-order valence-electron chi connectivity index (χ4n) is 5.41. The molecule has 5 rings (SSSR count). The number of fused-ring (bicyclic) bond motifs is 4. The topological polar surface area (TPSA) is 69.7 Å². The summed E-state index contributed by atoms with van der Waals surface area (Å²) in [6.45, 7) is 8.02. The molecule has 0 bridgehead atoms. The molecule has 1 spiro atoms. The molecule has 158 valence electrons. The number of benzene rings is 2. The van der Waals surface area contributed by atoms with Gasteiger partial charge in [0.1, 0.15) is 5.54 Å². The van der Waals surface area contributed by atoms with Gasteiger partial charge in [-0.05, 0) is 38.1 Å². The monoisotopic (exact) mass is 435 g/mol. The Kier molecular flexibility index (Phi) is 4.36. The lowest BCUT2D eigenvalue weighted by atomic mass is 9.76. The number of para-hydroxylation sites is 1. The minimum absolute atomic E-state index is 0.217. The van der Waals surface area contributed by atoms with Gasteiger partial charge in [-0.15, -0.1) is 0 Å². The highest BCUT2D eigenvalue weighted by Gasteiger charge is 2.71. The van der Waals surface area contributed by atoms with E-state index >= 15 is 0 Å². The van der Waals surface area contributed by atoms with Gasteiger partial charge >= 0.3 is 0 Å². The van der Waals surface area contributed by atoms with E-state index in [1.54, 1.807) is 29.2 Å². The molecule has 2 saturated heterocycles. The summed E-state index contributed by atoms with van der Waals surface area (Å²) >= 11 is 6.12. The molecule has 0 saturated carbocycles. The van der Waals surface area contributed by atoms with Crippen molar-refractivity contribution < 1.29 is 14.4 Å². The van der Waals surface area contributed by atoms with E-state index in [9.17, 15) is 14.4 Å². The number of carbonyl (C=O) groups excluding carboxylic acids is 3. The molecule has 7 heteroatoms. The highest BCUT2D eigenvalue weighted by Crippen LogP contribution is 2.55. The van der Waals surface area contributed by atoms with Gasteiger partial charge in [0, 0.05) is 28.9 Å². The third-order valence-electron chi connectivity index (χ3n) is 6.51. The zero-order chi connectivity index (χ0) is 22.1. The molecule has 3 heterocycles. The lowest BCUT2D eigenvalue weighted by Crippen LogP contribution is -2.55. The first-order chi connectivity index (χ1) is 14.8. The lowest BCUT2D eigenvalue weighted by Gasteiger charge is -2.30. The van der Waals surface area contributed by atoms with Gasteiger partial charge in [-0.2, -0.15) is 0 Å². The van der Waals surface area contributed by atoms with Crippen LogP contribution in [0.25, 0.3) is 0 Å². The molecule has 2 aromatic carbocycles. The van der Waals surface area contributed by atoms with Crippen molar-refractivity contribution >= 4 is 40.7 Å². The quantitative estimate of drug-likeness (QED) is 0.593. The molecule has 2 aromatic rings. The Morgan fingerprint density at radius 1 is 1.13 bits per heavy atom. The summed E-state index contributed by atoms with van der Waals surface area (Å²) < 4.78 is 0. The fraction of sp³-hybridized carbons (Fsp3) is 0.292. The minimum Gasteiger partial charge on any atom is -0.306 e. The predicted octanol–water partition coefficient (Wildman–Crippen LogP) is 3.26. The smallest absolute Gasteiger partial charge is 0.253 e. The summed E-state index contributed by atoms with van der Waals surface area (Å²) in [5, 5.41) is 3.81. The molecule has 31 heavy (non-hydrogen) atoms. The maximum absolute atomic E-state index is 13.9. The van der Waals surface area contributed by atoms with Crippen LogP contribution in [0.15, 0.2) is 60.7 Å². The van der Waals surface area contributed by atoms with Gasteiger partial charge in [0.2, 0.25) is 11.8 Å². The van der Waals surface area contributed by atoms with Crippen molar-refractivity contribution in [3.05, 3.63) is 71.3 Å². The molecule has 6 nitrogen and oxygen atoms in total. The Bertz CT molecular complexity index is 1160. The molecule has 0 unspecified atom stereocenters. The van der Waals surface area contributed by atoms with Crippen LogP contribution in [0.5, 0.6) is 0 Å². The largest absolute Gasteiger partial charge is 0.306 e. The third-order valence-corrected chi connectivity index (χ3v) is 6.74. The highest BCUT2D eigenvalue weighted by molar-refractivity contribution is 6.31. The molecular weight excluding hydrogens is 414 g/mol. The van der Waals surface area contributed by atoms with Gasteiger partial charge in [-0.1, -0.05) is 48.0 Å². The van der Waals surface area contributed by atoms with Crippen LogP contribution in [0.3, 0.4) is 0 Å². The van der Waals surface area contributed by atoms with Crippen LogP contribution in [-0.2, 0) is 19.9 Å². The van der Waals surface area contributed by atoms with Crippen molar-refractivity contribution in [1.29, 1.82) is 0 Å². The highest BCUT2D eigenvalue weighted by atomic mass is 35.5. The van der Waals surface area contributed by atoms with Crippen molar-refractivity contribution in [1.82, 2.24) is 5.32 Å². The van der Waals surface area contributed by atoms with Crippen LogP contribution in [0.1, 0.15) is 19.4 Å². The van der Waals surface area contributed by atoms with Crippen molar-refractivity contribution in [2.24, 2.45) is 11.8 Å². The number of carbonyl (C=O) groups is 3. The molecular formula is C24H22ClN3O3. The Balaban J connectivity index is 1.67. The van der Waals surface area contributed by atoms with Crippen LogP contribution in [0, 0.1) is 11.8 Å². The number of rotatable bonds is 3. The van der Waals surface area contributed by atoms with E-state index in [4.69, 9.17) is 11.6 Å². The molecule has 3 aliphatic rings. The lowest BCUT2D eigenvalue weighted by molar-refractivity contribution is -0.132. The second-order valence-electron chi connectivity index (χ2n) is 8.60. The Labute approximate surface area is 185 Å². The zero-order valence-electron chi connectivity index (χ0n) is 17.3. The maximum atomic E-state index is 13.9. The molecule has 0 aliphatic carbocycles. The number of hydrogen-bond donors (Lipinski definition) is 1. The fourth-order valence-corrected chi connectivity index (χ4v) is 5.59. The first-order valence-electron chi connectivity index (χ1n) is 10.2. The summed E-state index contributed by atoms with van der Waals surface area (Å²) in [5.41, 5.74) is 1.46. The summed E-state index contributed by atoms with van der Waals surface area (Å²) in [7, 11) is 0. The van der Waals surface area contributed by atoms with Gasteiger partial charge in [0.25, 0.3) is 5.91 Å². The van der Waals surface area contributed by atoms with E-state index in [1.807, 2.05) is 38.1 Å². The molecule has 4 atom stereocenters. The van der Waals surface area contributed by atoms with Gasteiger partial charge in [0.05, 0.1) is 17.5 Å². The first kappa shape index (κ1) is 20.0.